The van der Waals surface area contributed by atoms with E-state index in [1.54, 1.807) is 0 Å². The van der Waals surface area contributed by atoms with Crippen LogP contribution in [-0.4, -0.2) is 134 Å². The minimum atomic E-state index is -3.96. The molecule has 2 aromatic carbocycles. The van der Waals surface area contributed by atoms with Crippen molar-refractivity contribution >= 4 is 31.2 Å². The molecular weight excluding hydrogens is 583 g/mol. The largest absolute Gasteiger partial charge is 0.480 e. The van der Waals surface area contributed by atoms with Gasteiger partial charge < -0.3 is 25.3 Å². The lowest BCUT2D eigenvalue weighted by Gasteiger charge is -2.31. The van der Waals surface area contributed by atoms with E-state index in [2.05, 4.69) is 0 Å². The highest BCUT2D eigenvalue weighted by atomic mass is 31.2. The highest BCUT2D eigenvalue weighted by molar-refractivity contribution is 7.57. The van der Waals surface area contributed by atoms with Gasteiger partial charge in [-0.05, 0) is 11.1 Å². The molecule has 0 fully saturated rings. The maximum atomic E-state index is 13.7. The van der Waals surface area contributed by atoms with Gasteiger partial charge in [0.05, 0.1) is 38.8 Å². The van der Waals surface area contributed by atoms with Crippen LogP contribution >= 0.6 is 7.37 Å². The van der Waals surface area contributed by atoms with Crippen molar-refractivity contribution in [1.29, 1.82) is 0 Å². The van der Waals surface area contributed by atoms with E-state index >= 15 is 0 Å². The molecule has 1 unspecified atom stereocenters. The van der Waals surface area contributed by atoms with Gasteiger partial charge in [0.25, 0.3) is 0 Å². The molecule has 0 aromatic heterocycles. The Morgan fingerprint density at radius 3 is 1.14 bits per heavy atom. The Bertz CT molecular complexity index is 1120. The molecule has 0 radical (unpaired) electrons. The number of aliphatic carboxylic acids is 4. The molecule has 5 N–H and O–H groups in total. The number of nitrogens with zero attached hydrogens (tertiary/aromatic N) is 4. The molecule has 0 bridgehead atoms. The quantitative estimate of drug-likeness (QED) is 0.117. The molecule has 0 aliphatic heterocycles. The van der Waals surface area contributed by atoms with Gasteiger partial charge in [-0.1, -0.05) is 60.7 Å². The van der Waals surface area contributed by atoms with Crippen LogP contribution in [-0.2, 0) is 36.8 Å². The third kappa shape index (κ3) is 16.0. The fourth-order valence-corrected chi connectivity index (χ4v) is 6.34. The number of benzene rings is 2. The van der Waals surface area contributed by atoms with E-state index < -0.39 is 57.4 Å². The van der Waals surface area contributed by atoms with E-state index in [0.717, 1.165) is 20.9 Å². The Morgan fingerprint density at radius 2 is 0.814 bits per heavy atom. The summed E-state index contributed by atoms with van der Waals surface area (Å²) in [6.07, 6.45) is -0.565. The van der Waals surface area contributed by atoms with E-state index in [0.29, 0.717) is 13.1 Å². The molecule has 1 atom stereocenters. The predicted octanol–water partition coefficient (Wildman–Crippen LogP) is 1.12. The summed E-state index contributed by atoms with van der Waals surface area (Å²) in [6, 6.07) is 18.9. The van der Waals surface area contributed by atoms with Gasteiger partial charge in [0.2, 0.25) is 7.37 Å². The van der Waals surface area contributed by atoms with Crippen LogP contribution in [0.4, 0.5) is 0 Å². The monoisotopic (exact) mass is 622 g/mol. The average Bonchev–Trinajstić information content (AvgIpc) is 2.89. The van der Waals surface area contributed by atoms with Crippen LogP contribution in [0.2, 0.25) is 0 Å². The molecule has 0 spiro atoms. The van der Waals surface area contributed by atoms with Crippen molar-refractivity contribution in [2.24, 2.45) is 0 Å². The van der Waals surface area contributed by atoms with Gasteiger partial charge in [0, 0.05) is 39.3 Å². The van der Waals surface area contributed by atoms with Crippen molar-refractivity contribution in [3.63, 3.8) is 0 Å². The molecular formula is C28H39N4O10P. The van der Waals surface area contributed by atoms with Gasteiger partial charge in [0.1, 0.15) is 0 Å². The molecule has 236 valence electrons. The molecule has 0 aliphatic carbocycles. The molecule has 0 saturated heterocycles. The lowest BCUT2D eigenvalue weighted by atomic mass is 10.2. The normalized spacial score (nSPS) is 13.0. The van der Waals surface area contributed by atoms with Crippen molar-refractivity contribution in [2.45, 2.75) is 13.1 Å². The fourth-order valence-electron chi connectivity index (χ4n) is 4.52. The van der Waals surface area contributed by atoms with Gasteiger partial charge in [0.15, 0.2) is 0 Å². The van der Waals surface area contributed by atoms with Gasteiger partial charge in [-0.2, -0.15) is 0 Å². The molecule has 14 nitrogen and oxygen atoms in total. The summed E-state index contributed by atoms with van der Waals surface area (Å²) in [6.45, 7) is -1.68. The number of carboxylic acids is 4. The fraction of sp³-hybridized carbons (Fsp3) is 0.429. The Hall–Kier alpha value is -3.65. The van der Waals surface area contributed by atoms with Crippen molar-refractivity contribution in [3.05, 3.63) is 71.8 Å². The zero-order valence-electron chi connectivity index (χ0n) is 23.8. The third-order valence-electron chi connectivity index (χ3n) is 6.24. The first-order chi connectivity index (χ1) is 20.3. The number of rotatable bonds is 22. The highest BCUT2D eigenvalue weighted by Crippen LogP contribution is 2.42. The first kappa shape index (κ1) is 35.5. The molecule has 0 amide bonds. The lowest BCUT2D eigenvalue weighted by Crippen LogP contribution is -2.44. The van der Waals surface area contributed by atoms with Gasteiger partial charge >= 0.3 is 23.9 Å². The van der Waals surface area contributed by atoms with E-state index in [-0.39, 0.29) is 38.8 Å². The molecule has 2 rings (SSSR count). The van der Waals surface area contributed by atoms with Crippen LogP contribution in [0.25, 0.3) is 0 Å². The zero-order valence-corrected chi connectivity index (χ0v) is 24.7. The molecule has 0 saturated carbocycles. The highest BCUT2D eigenvalue weighted by Gasteiger charge is 2.27. The summed E-state index contributed by atoms with van der Waals surface area (Å²) < 4.78 is 13.7. The van der Waals surface area contributed by atoms with Crippen molar-refractivity contribution < 1.29 is 49.1 Å². The third-order valence-corrected chi connectivity index (χ3v) is 7.92. The standard InChI is InChI=1S/C28H39N4O10P/c33-25(34)17-30(18-26(35)36)13-11-29(12-14-31(19-27(37)38)20-28(39)40)21-43(41,42)22-32(15-23-7-3-1-4-8-23)16-24-9-5-2-6-10-24/h1-10H,11-22H2,(H,33,34)(H,35,36)(H,37,38)(H,39,40)(H,41,42). The summed E-state index contributed by atoms with van der Waals surface area (Å²) in [5.41, 5.74) is 1.87. The van der Waals surface area contributed by atoms with Crippen LogP contribution in [0.15, 0.2) is 60.7 Å². The lowest BCUT2D eigenvalue weighted by molar-refractivity contribution is -0.143. The van der Waals surface area contributed by atoms with Crippen LogP contribution in [0, 0.1) is 0 Å². The molecule has 2 aromatic rings. The van der Waals surface area contributed by atoms with E-state index in [1.807, 2.05) is 65.6 Å². The molecule has 0 heterocycles. The SMILES string of the molecule is O=C(O)CN(CCN(CCN(CC(=O)O)CC(=O)O)CP(=O)(O)CN(Cc1ccccc1)Cc1ccccc1)CC(=O)O. The zero-order chi connectivity index (χ0) is 31.8. The van der Waals surface area contributed by atoms with Crippen LogP contribution in [0.5, 0.6) is 0 Å². The number of hydrogen-bond acceptors (Lipinski definition) is 9. The predicted molar refractivity (Wildman–Crippen MR) is 157 cm³/mol. The second-order valence-electron chi connectivity index (χ2n) is 10.2. The van der Waals surface area contributed by atoms with Gasteiger partial charge in [-0.15, -0.1) is 0 Å². The van der Waals surface area contributed by atoms with E-state index in [4.69, 9.17) is 0 Å². The Kier molecular flexibility index (Phi) is 15.0. The summed E-state index contributed by atoms with van der Waals surface area (Å²) in [5, 5.41) is 36.7. The first-order valence-electron chi connectivity index (χ1n) is 13.5. The summed E-state index contributed by atoms with van der Waals surface area (Å²) in [4.78, 5) is 61.9. The van der Waals surface area contributed by atoms with Crippen molar-refractivity contribution in [1.82, 2.24) is 19.6 Å². The second kappa shape index (κ2) is 18.1. The van der Waals surface area contributed by atoms with E-state index in [9.17, 15) is 49.1 Å². The van der Waals surface area contributed by atoms with Crippen LogP contribution < -0.4 is 0 Å². The minimum absolute atomic E-state index is 0.0174. The number of hydrogen-bond donors (Lipinski definition) is 5. The second-order valence-corrected chi connectivity index (χ2v) is 12.5. The maximum Gasteiger partial charge on any atom is 0.317 e. The average molecular weight is 623 g/mol. The van der Waals surface area contributed by atoms with Gasteiger partial charge in [-0.25, -0.2) is 0 Å². The summed E-state index contributed by atoms with van der Waals surface area (Å²) in [5.74, 6) is -4.97. The summed E-state index contributed by atoms with van der Waals surface area (Å²) >= 11 is 0. The summed E-state index contributed by atoms with van der Waals surface area (Å²) in [7, 11) is -3.96. The number of carboxylic acid groups (broad SMARTS) is 4. The van der Waals surface area contributed by atoms with Crippen LogP contribution in [0.1, 0.15) is 11.1 Å². The van der Waals surface area contributed by atoms with Crippen molar-refractivity contribution in [2.75, 3.05) is 64.9 Å². The first-order valence-corrected chi connectivity index (χ1v) is 15.5. The molecule has 43 heavy (non-hydrogen) atoms. The van der Waals surface area contributed by atoms with Gasteiger partial charge in [-0.3, -0.25) is 43.3 Å². The number of carbonyl (C=O) groups is 4. The van der Waals surface area contributed by atoms with E-state index in [1.165, 1.54) is 4.90 Å². The Labute approximate surface area is 249 Å². The Balaban J connectivity index is 2.24. The Morgan fingerprint density at radius 1 is 0.512 bits per heavy atom. The van der Waals surface area contributed by atoms with Crippen LogP contribution in [0.3, 0.4) is 0 Å². The van der Waals surface area contributed by atoms with Crippen molar-refractivity contribution in [3.8, 4) is 0 Å². The minimum Gasteiger partial charge on any atom is -0.480 e. The maximum absolute atomic E-state index is 13.7. The molecule has 15 heteroatoms. The topological polar surface area (TPSA) is 199 Å². The molecule has 0 aliphatic rings. The smallest absolute Gasteiger partial charge is 0.317 e.